The van der Waals surface area contributed by atoms with Crippen LogP contribution in [0.5, 0.6) is 11.5 Å². The van der Waals surface area contributed by atoms with Gasteiger partial charge in [-0.05, 0) is 90.4 Å². The molecule has 4 rings (SSSR count). The van der Waals surface area contributed by atoms with Crippen molar-refractivity contribution in [2.45, 2.75) is 171 Å². The van der Waals surface area contributed by atoms with Crippen LogP contribution in [0.3, 0.4) is 0 Å². The Morgan fingerprint density at radius 3 is 1.05 bits per heavy atom. The summed E-state index contributed by atoms with van der Waals surface area (Å²) in [6.45, 7) is 9.60. The molecule has 0 unspecified atom stereocenters. The van der Waals surface area contributed by atoms with Crippen LogP contribution in [0.1, 0.15) is 170 Å². The monoisotopic (exact) mass is 920 g/mol. The lowest BCUT2D eigenvalue weighted by molar-refractivity contribution is -0.392. The fourth-order valence-corrected chi connectivity index (χ4v) is 7.62. The maximum absolute atomic E-state index is 11.3. The quantitative estimate of drug-likeness (QED) is 0.0201. The van der Waals surface area contributed by atoms with Crippen LogP contribution in [0, 0.1) is 44.2 Å². The largest absolute Gasteiger partial charge is 0.494 e. The number of ether oxygens (including phenoxy) is 2. The number of nitrogen functional groups attached to an aromatic ring is 3. The lowest BCUT2D eigenvalue weighted by Gasteiger charge is -2.11. The van der Waals surface area contributed by atoms with Gasteiger partial charge in [0.25, 0.3) is 17.1 Å². The predicted octanol–water partition coefficient (Wildman–Crippen LogP) is 15.9. The molecule has 0 radical (unpaired) electrons. The number of nitro benzene ring substituents is 3. The standard InChI is InChI=1S/C25H35N3O5.C25H37N3O3.2CH4.H2/c1-3-4-5-6-7-8-9-10-11-12-13-33-22-15-19(2)14-20(16-22)21-17-23(27(29)30)25(26)24(18-21)28(31)32;1-3-4-5-6-7-8-9-10-11-12-13-31-22-15-19(2)14-20(16-22)21-17-23(26)25(27)24(18-21)28(29)30;;;/h14-18H,3-13,26H2,1-2H3;14-18H,3-13,26-27H2,1-2H3;2*1H4;1H/i;;;;1+1. The van der Waals surface area contributed by atoms with Crippen LogP contribution >= 0.6 is 0 Å². The fraction of sp³-hybridized carbons (Fsp3) is 0.538. The number of hydrogen-bond donors (Lipinski definition) is 3. The van der Waals surface area contributed by atoms with Crippen molar-refractivity contribution in [3.8, 4) is 33.8 Å². The molecule has 6 N–H and O–H groups in total. The second kappa shape index (κ2) is 31.9. The van der Waals surface area contributed by atoms with Crippen LogP contribution in [0.25, 0.3) is 22.3 Å². The predicted molar refractivity (Wildman–Crippen MR) is 277 cm³/mol. The van der Waals surface area contributed by atoms with Crippen molar-refractivity contribution in [3.63, 3.8) is 0 Å². The third-order valence-electron chi connectivity index (χ3n) is 11.2. The maximum Gasteiger partial charge on any atom is 0.299 e. The number of nitrogens with two attached hydrogens (primary N) is 3. The van der Waals surface area contributed by atoms with Crippen molar-refractivity contribution in [1.29, 1.82) is 0 Å². The minimum atomic E-state index is -0.704. The molecule has 0 amide bonds. The highest BCUT2D eigenvalue weighted by atomic mass is 16.6. The van der Waals surface area contributed by atoms with Crippen LogP contribution in [-0.2, 0) is 0 Å². The van der Waals surface area contributed by atoms with Crippen LogP contribution in [-0.4, -0.2) is 28.0 Å². The molecule has 0 fully saturated rings. The summed E-state index contributed by atoms with van der Waals surface area (Å²) in [5.41, 5.74) is 20.3. The van der Waals surface area contributed by atoms with Gasteiger partial charge < -0.3 is 26.7 Å². The molecular weight excluding hydrogens is 837 g/mol. The number of anilines is 3. The average molecular weight is 920 g/mol. The van der Waals surface area contributed by atoms with Crippen LogP contribution in [0.2, 0.25) is 0 Å². The summed E-state index contributed by atoms with van der Waals surface area (Å²) in [7, 11) is 0. The molecule has 0 heterocycles. The van der Waals surface area contributed by atoms with E-state index in [2.05, 4.69) is 13.8 Å². The molecule has 0 aliphatic heterocycles. The summed E-state index contributed by atoms with van der Waals surface area (Å²) in [6.07, 6.45) is 25.3. The highest BCUT2D eigenvalue weighted by molar-refractivity contribution is 5.83. The zero-order valence-corrected chi connectivity index (χ0v) is 38.7. The molecule has 0 spiro atoms. The number of benzene rings is 4. The molecule has 14 heteroatoms. The highest BCUT2D eigenvalue weighted by Gasteiger charge is 2.25. The summed E-state index contributed by atoms with van der Waals surface area (Å²) in [5, 5.41) is 33.9. The second-order valence-corrected chi connectivity index (χ2v) is 16.8. The van der Waals surface area contributed by atoms with Crippen molar-refractivity contribution in [2.75, 3.05) is 30.4 Å². The minimum absolute atomic E-state index is 0. The molecule has 4 aromatic rings. The number of nitrogens with zero attached hydrogens (tertiary/aromatic N) is 3. The summed E-state index contributed by atoms with van der Waals surface area (Å²) in [4.78, 5) is 32.0. The highest BCUT2D eigenvalue weighted by Crippen LogP contribution is 2.38. The van der Waals surface area contributed by atoms with Crippen molar-refractivity contribution >= 4 is 34.1 Å². The van der Waals surface area contributed by atoms with E-state index in [1.54, 1.807) is 12.1 Å². The number of aryl methyl sites for hydroxylation is 2. The Bertz CT molecular complexity index is 2060. The number of rotatable bonds is 29. The Balaban J connectivity index is 0.00000125. The molecule has 0 saturated carbocycles. The molecule has 0 aliphatic carbocycles. The first kappa shape index (κ1) is 58.1. The van der Waals surface area contributed by atoms with Gasteiger partial charge in [0.15, 0.2) is 5.69 Å². The summed E-state index contributed by atoms with van der Waals surface area (Å²) in [6, 6.07) is 17.0. The number of nitro groups is 3. The molecular formula is C52H82N6O8. The lowest BCUT2D eigenvalue weighted by Crippen LogP contribution is -2.02. The van der Waals surface area contributed by atoms with Gasteiger partial charge in [0.1, 0.15) is 17.2 Å². The molecule has 0 atom stereocenters. The van der Waals surface area contributed by atoms with Gasteiger partial charge in [0.2, 0.25) is 0 Å². The first-order valence-electron chi connectivity index (χ1n) is 23.3. The fourth-order valence-electron chi connectivity index (χ4n) is 7.62. The third-order valence-corrected chi connectivity index (χ3v) is 11.2. The van der Waals surface area contributed by atoms with Gasteiger partial charge in [-0.2, -0.15) is 0 Å². The Morgan fingerprint density at radius 1 is 0.424 bits per heavy atom. The molecule has 0 saturated heterocycles. The number of hydrogen-bond acceptors (Lipinski definition) is 11. The summed E-state index contributed by atoms with van der Waals surface area (Å²) >= 11 is 0. The van der Waals surface area contributed by atoms with E-state index in [1.165, 1.54) is 127 Å². The SMILES string of the molecule is C.C.CCCCCCCCCCCCOc1cc(C)cc(-c2cc(N)c(N)c([N+](=O)[O-])c2)c1.CCCCCCCCCCCCOc1cc(C)cc(-c2cc([N+](=O)[O-])c(N)c([N+](=O)[O-])c2)c1.[2HH]. The average Bonchev–Trinajstić information content (AvgIpc) is 3.25. The summed E-state index contributed by atoms with van der Waals surface area (Å²) < 4.78 is 11.9. The molecule has 0 bridgehead atoms. The minimum Gasteiger partial charge on any atom is -0.494 e. The van der Waals surface area contributed by atoms with Crippen LogP contribution < -0.4 is 26.7 Å². The van der Waals surface area contributed by atoms with Crippen molar-refractivity contribution < 1.29 is 25.7 Å². The topological polar surface area (TPSA) is 226 Å². The Labute approximate surface area is 396 Å². The zero-order valence-electron chi connectivity index (χ0n) is 38.7. The van der Waals surface area contributed by atoms with Gasteiger partial charge in [-0.1, -0.05) is 156 Å². The van der Waals surface area contributed by atoms with E-state index in [0.717, 1.165) is 41.7 Å². The van der Waals surface area contributed by atoms with Gasteiger partial charge in [0.05, 0.1) is 33.7 Å². The molecule has 14 nitrogen and oxygen atoms in total. The molecule has 0 aliphatic rings. The van der Waals surface area contributed by atoms with Crippen LogP contribution in [0.15, 0.2) is 60.7 Å². The molecule has 4 aromatic carbocycles. The Hall–Kier alpha value is -5.92. The normalized spacial score (nSPS) is 10.5. The van der Waals surface area contributed by atoms with Crippen molar-refractivity contribution in [2.24, 2.45) is 0 Å². The van der Waals surface area contributed by atoms with E-state index in [-0.39, 0.29) is 33.3 Å². The Kier molecular flexibility index (Phi) is 28.1. The van der Waals surface area contributed by atoms with Crippen LogP contribution in [0.4, 0.5) is 34.1 Å². The van der Waals surface area contributed by atoms with E-state index >= 15 is 0 Å². The third kappa shape index (κ3) is 20.5. The van der Waals surface area contributed by atoms with E-state index < -0.39 is 31.8 Å². The van der Waals surface area contributed by atoms with E-state index in [1.807, 2.05) is 44.2 Å². The van der Waals surface area contributed by atoms with Gasteiger partial charge in [-0.15, -0.1) is 0 Å². The number of unbranched alkanes of at least 4 members (excludes halogenated alkanes) is 18. The van der Waals surface area contributed by atoms with E-state index in [4.69, 9.17) is 26.7 Å². The van der Waals surface area contributed by atoms with E-state index in [9.17, 15) is 30.3 Å². The smallest absolute Gasteiger partial charge is 0.299 e. The maximum atomic E-state index is 11.3. The van der Waals surface area contributed by atoms with Gasteiger partial charge in [-0.3, -0.25) is 30.3 Å². The lowest BCUT2D eigenvalue weighted by atomic mass is 10.0. The molecule has 0 aromatic heterocycles. The molecule has 66 heavy (non-hydrogen) atoms. The second-order valence-electron chi connectivity index (χ2n) is 16.8. The zero-order chi connectivity index (χ0) is 46.9. The van der Waals surface area contributed by atoms with Gasteiger partial charge in [0, 0.05) is 19.6 Å². The first-order valence-corrected chi connectivity index (χ1v) is 23.3. The summed E-state index contributed by atoms with van der Waals surface area (Å²) in [5.74, 6) is 1.41. The van der Waals surface area contributed by atoms with Crippen molar-refractivity contribution in [3.05, 3.63) is 102 Å². The Morgan fingerprint density at radius 2 is 0.712 bits per heavy atom. The van der Waals surface area contributed by atoms with E-state index in [0.29, 0.717) is 35.7 Å². The first-order chi connectivity index (χ1) is 30.7. The van der Waals surface area contributed by atoms with Gasteiger partial charge >= 0.3 is 0 Å². The van der Waals surface area contributed by atoms with Gasteiger partial charge in [-0.25, -0.2) is 0 Å². The molecule has 368 valence electrons. The van der Waals surface area contributed by atoms with Crippen molar-refractivity contribution in [1.82, 2.24) is 0 Å².